The Labute approximate surface area is 269 Å². The van der Waals surface area contributed by atoms with Gasteiger partial charge in [-0.15, -0.1) is 11.3 Å². The average Bonchev–Trinajstić information content (AvgIpc) is 3.72. The molecular weight excluding hydrogens is 610 g/mol. The Morgan fingerprint density at radius 3 is 2.78 bits per heavy atom. The Hall–Kier alpha value is -3.81. The van der Waals surface area contributed by atoms with Gasteiger partial charge in [0.15, 0.2) is 0 Å². The van der Waals surface area contributed by atoms with Crippen LogP contribution in [0.4, 0.5) is 8.78 Å². The molecule has 0 saturated heterocycles. The molecule has 6 heterocycles. The smallest absolute Gasteiger partial charge is 0.137 e. The minimum atomic E-state index is -0.746. The van der Waals surface area contributed by atoms with Crippen molar-refractivity contribution in [2.24, 2.45) is 0 Å². The van der Waals surface area contributed by atoms with Crippen molar-refractivity contribution in [3.63, 3.8) is 0 Å². The number of hydrogen-bond donors (Lipinski definition) is 2. The molecule has 2 unspecified atom stereocenters. The number of aliphatic hydroxyl groups excluding tert-OH is 1. The van der Waals surface area contributed by atoms with Crippen LogP contribution in [-0.2, 0) is 17.7 Å². The monoisotopic (exact) mass is 646 g/mol. The average molecular weight is 647 g/mol. The number of benzene rings is 1. The zero-order chi connectivity index (χ0) is 31.9. The molecule has 240 valence electrons. The molecule has 2 aliphatic rings. The summed E-state index contributed by atoms with van der Waals surface area (Å²) in [5, 5.41) is 20.9. The van der Waals surface area contributed by atoms with Crippen molar-refractivity contribution in [3.05, 3.63) is 70.5 Å². The van der Waals surface area contributed by atoms with Crippen molar-refractivity contribution in [1.82, 2.24) is 30.0 Å². The van der Waals surface area contributed by atoms with Crippen molar-refractivity contribution >= 4 is 21.4 Å². The highest BCUT2D eigenvalue weighted by atomic mass is 32.1. The van der Waals surface area contributed by atoms with E-state index in [4.69, 9.17) is 24.5 Å². The number of β-amino-alcohol motifs (C(OH)–C–C–N with tert-alkyl or cyclic N) is 1. The number of nitrogens with zero attached hydrogens (tertiary/aromatic N) is 5. The molecule has 12 heteroatoms. The summed E-state index contributed by atoms with van der Waals surface area (Å²) >= 11 is 1.46. The van der Waals surface area contributed by atoms with E-state index in [2.05, 4.69) is 30.1 Å². The Bertz CT molecular complexity index is 1880. The SMILES string of the molecule is COCCOc1cc(F)cc(F)c1-c1c(-c2cc3n(n2)C(C)CNC3C)nc(-c2cnc3c(c2)CN(CCO)CC3)c2ccsc12. The fourth-order valence-electron chi connectivity index (χ4n) is 6.49. The summed E-state index contributed by atoms with van der Waals surface area (Å²) < 4.78 is 44.6. The predicted molar refractivity (Wildman–Crippen MR) is 174 cm³/mol. The van der Waals surface area contributed by atoms with Crippen LogP contribution in [0.1, 0.15) is 42.9 Å². The van der Waals surface area contributed by atoms with Crippen molar-refractivity contribution < 1.29 is 23.4 Å². The predicted octanol–water partition coefficient (Wildman–Crippen LogP) is 5.77. The number of thiophene rings is 1. The van der Waals surface area contributed by atoms with Gasteiger partial charge in [-0.05, 0) is 43.0 Å². The van der Waals surface area contributed by atoms with Crippen LogP contribution in [-0.4, -0.2) is 76.3 Å². The molecule has 0 bridgehead atoms. The quantitative estimate of drug-likeness (QED) is 0.195. The molecule has 0 amide bonds. The summed E-state index contributed by atoms with van der Waals surface area (Å²) in [6.07, 6.45) is 2.66. The largest absolute Gasteiger partial charge is 0.490 e. The number of aliphatic hydroxyl groups is 1. The summed E-state index contributed by atoms with van der Waals surface area (Å²) in [6.45, 7) is 7.57. The number of halogens is 2. The normalized spacial score (nSPS) is 18.1. The molecule has 0 radical (unpaired) electrons. The molecule has 0 fully saturated rings. The molecule has 0 saturated carbocycles. The first-order valence-corrected chi connectivity index (χ1v) is 16.4. The van der Waals surface area contributed by atoms with Crippen molar-refractivity contribution in [2.45, 2.75) is 38.9 Å². The Balaban J connectivity index is 1.48. The molecular formula is C34H36F2N6O3S. The van der Waals surface area contributed by atoms with Gasteiger partial charge in [0.05, 0.1) is 36.2 Å². The number of rotatable bonds is 9. The third-order valence-electron chi connectivity index (χ3n) is 8.82. The van der Waals surface area contributed by atoms with Gasteiger partial charge in [-0.1, -0.05) is 0 Å². The second-order valence-corrected chi connectivity index (χ2v) is 12.8. The lowest BCUT2D eigenvalue weighted by Gasteiger charge is -2.27. The van der Waals surface area contributed by atoms with Gasteiger partial charge in [0, 0.05) is 91.0 Å². The van der Waals surface area contributed by atoms with E-state index in [1.807, 2.05) is 28.4 Å². The summed E-state index contributed by atoms with van der Waals surface area (Å²) in [7, 11) is 1.55. The summed E-state index contributed by atoms with van der Waals surface area (Å²) in [5.74, 6) is -1.40. The Kier molecular flexibility index (Phi) is 8.55. The highest BCUT2D eigenvalue weighted by molar-refractivity contribution is 7.18. The first kappa shape index (κ1) is 30.8. The van der Waals surface area contributed by atoms with Gasteiger partial charge in [-0.2, -0.15) is 5.10 Å². The van der Waals surface area contributed by atoms with E-state index >= 15 is 4.39 Å². The molecule has 4 aromatic heterocycles. The van der Waals surface area contributed by atoms with Crippen molar-refractivity contribution in [3.8, 4) is 39.5 Å². The summed E-state index contributed by atoms with van der Waals surface area (Å²) in [6, 6.07) is 8.37. The number of hydrogen-bond acceptors (Lipinski definition) is 9. The molecule has 2 aliphatic heterocycles. The lowest BCUT2D eigenvalue weighted by atomic mass is 9.95. The molecule has 2 atom stereocenters. The van der Waals surface area contributed by atoms with E-state index in [1.54, 1.807) is 7.11 Å². The standard InChI is InChI=1S/C34H36F2N6O3S/c1-19-16-37-20(2)28-15-27(40-42(19)28)33-31(30-25(36)13-23(35)14-29(30)45-10-9-44-3)34-24(5-11-46-34)32(39-33)21-12-22-18-41(7-8-43)6-4-26(22)38-17-21/h5,11-15,17,19-20,37,43H,4,6-10,16,18H2,1-3H3. The van der Waals surface area contributed by atoms with Crippen molar-refractivity contribution in [2.75, 3.05) is 46.6 Å². The van der Waals surface area contributed by atoms with E-state index < -0.39 is 11.6 Å². The third kappa shape index (κ3) is 5.58. The van der Waals surface area contributed by atoms with Crippen LogP contribution in [0.15, 0.2) is 41.9 Å². The third-order valence-corrected chi connectivity index (χ3v) is 9.75. The second-order valence-electron chi connectivity index (χ2n) is 11.9. The lowest BCUT2D eigenvalue weighted by molar-refractivity contribution is 0.146. The number of pyridine rings is 2. The molecule has 46 heavy (non-hydrogen) atoms. The fourth-order valence-corrected chi connectivity index (χ4v) is 7.44. The highest BCUT2D eigenvalue weighted by Crippen LogP contribution is 2.47. The van der Waals surface area contributed by atoms with Gasteiger partial charge >= 0.3 is 0 Å². The molecule has 7 rings (SSSR count). The van der Waals surface area contributed by atoms with Crippen LogP contribution in [0, 0.1) is 11.6 Å². The van der Waals surface area contributed by atoms with Crippen LogP contribution < -0.4 is 10.1 Å². The second kappa shape index (κ2) is 12.8. The molecule has 5 aromatic rings. The van der Waals surface area contributed by atoms with Crippen LogP contribution >= 0.6 is 11.3 Å². The van der Waals surface area contributed by atoms with Gasteiger partial charge < -0.3 is 19.9 Å². The molecule has 2 N–H and O–H groups in total. The minimum absolute atomic E-state index is 0.0630. The fraction of sp³-hybridized carbons (Fsp3) is 0.382. The summed E-state index contributed by atoms with van der Waals surface area (Å²) in [4.78, 5) is 12.3. The van der Waals surface area contributed by atoms with E-state index in [1.165, 1.54) is 17.4 Å². The van der Waals surface area contributed by atoms with E-state index in [-0.39, 0.29) is 43.2 Å². The van der Waals surface area contributed by atoms with Gasteiger partial charge in [-0.25, -0.2) is 13.8 Å². The number of aromatic nitrogens is 4. The Morgan fingerprint density at radius 2 is 1.98 bits per heavy atom. The topological polar surface area (TPSA) is 97.6 Å². The molecule has 0 spiro atoms. The van der Waals surface area contributed by atoms with Gasteiger partial charge in [0.2, 0.25) is 0 Å². The number of nitrogens with one attached hydrogen (secondary N) is 1. The van der Waals surface area contributed by atoms with Crippen LogP contribution in [0.25, 0.3) is 43.9 Å². The van der Waals surface area contributed by atoms with Gasteiger partial charge in [0.25, 0.3) is 0 Å². The summed E-state index contributed by atoms with van der Waals surface area (Å²) in [5.41, 5.74) is 6.39. The lowest BCUT2D eigenvalue weighted by Crippen LogP contribution is -2.34. The highest BCUT2D eigenvalue weighted by Gasteiger charge is 2.30. The van der Waals surface area contributed by atoms with Gasteiger partial charge in [0.1, 0.15) is 35.4 Å². The first-order valence-electron chi connectivity index (χ1n) is 15.5. The maximum absolute atomic E-state index is 16.1. The zero-order valence-corrected chi connectivity index (χ0v) is 26.8. The van der Waals surface area contributed by atoms with Crippen LogP contribution in [0.3, 0.4) is 0 Å². The van der Waals surface area contributed by atoms with E-state index in [0.29, 0.717) is 35.7 Å². The molecule has 1 aromatic carbocycles. The number of methoxy groups -OCH3 is 1. The van der Waals surface area contributed by atoms with Gasteiger partial charge in [-0.3, -0.25) is 14.6 Å². The van der Waals surface area contributed by atoms with E-state index in [9.17, 15) is 9.50 Å². The maximum atomic E-state index is 16.1. The molecule has 9 nitrogen and oxygen atoms in total. The first-order chi connectivity index (χ1) is 22.4. The van der Waals surface area contributed by atoms with E-state index in [0.717, 1.165) is 58.2 Å². The zero-order valence-electron chi connectivity index (χ0n) is 26.0. The minimum Gasteiger partial charge on any atom is -0.490 e. The molecule has 0 aliphatic carbocycles. The Morgan fingerprint density at radius 1 is 1.11 bits per heavy atom. The number of fused-ring (bicyclic) bond motifs is 3. The number of ether oxygens (including phenoxy) is 2. The maximum Gasteiger partial charge on any atom is 0.137 e. The van der Waals surface area contributed by atoms with Crippen LogP contribution in [0.2, 0.25) is 0 Å². The van der Waals surface area contributed by atoms with Crippen LogP contribution in [0.5, 0.6) is 5.75 Å². The van der Waals surface area contributed by atoms with Crippen molar-refractivity contribution in [1.29, 1.82) is 0 Å².